The lowest BCUT2D eigenvalue weighted by Gasteiger charge is -2.08. The molecule has 8 bridgehead atoms. The number of hydrogen-bond donors (Lipinski definition) is 2. The molecule has 0 atom stereocenters. The number of benzene rings is 2. The van der Waals surface area contributed by atoms with E-state index in [-0.39, 0.29) is 11.9 Å². The van der Waals surface area contributed by atoms with E-state index in [1.165, 1.54) is 14.2 Å². The Balaban J connectivity index is 1.25. The van der Waals surface area contributed by atoms with Crippen molar-refractivity contribution in [1.29, 1.82) is 0 Å². The Bertz CT molecular complexity index is 2150. The second kappa shape index (κ2) is 15.6. The van der Waals surface area contributed by atoms with Gasteiger partial charge >= 0.3 is 11.9 Å². The van der Waals surface area contributed by atoms with E-state index in [9.17, 15) is 9.59 Å². The van der Waals surface area contributed by atoms with Gasteiger partial charge in [-0.3, -0.25) is 9.59 Å². The molecule has 0 unspecified atom stereocenters. The Morgan fingerprint density at radius 3 is 1.38 bits per heavy atom. The third kappa shape index (κ3) is 7.97. The number of aromatic amines is 2. The highest BCUT2D eigenvalue weighted by Gasteiger charge is 2.14. The quantitative estimate of drug-likeness (QED) is 0.0961. The van der Waals surface area contributed by atoms with E-state index in [1.54, 1.807) is 0 Å². The van der Waals surface area contributed by atoms with Gasteiger partial charge in [-0.25, -0.2) is 9.97 Å². The fourth-order valence-electron chi connectivity index (χ4n) is 6.13. The van der Waals surface area contributed by atoms with Gasteiger partial charge in [-0.05, 0) is 109 Å². The minimum absolute atomic E-state index is 0.245. The average Bonchev–Trinajstić information content (AvgIpc) is 4.00. The van der Waals surface area contributed by atoms with E-state index < -0.39 is 0 Å². The molecule has 5 heterocycles. The van der Waals surface area contributed by atoms with Gasteiger partial charge in [0.25, 0.3) is 0 Å². The maximum Gasteiger partial charge on any atom is 0.305 e. The second-order valence-electron chi connectivity index (χ2n) is 12.3. The van der Waals surface area contributed by atoms with Crippen LogP contribution in [0.5, 0.6) is 11.5 Å². The maximum absolute atomic E-state index is 11.4. The smallest absolute Gasteiger partial charge is 0.305 e. The first-order valence-corrected chi connectivity index (χ1v) is 17.2. The summed E-state index contributed by atoms with van der Waals surface area (Å²) in [7, 11) is 2.78. The summed E-state index contributed by atoms with van der Waals surface area (Å²) in [4.78, 5) is 40.1. The van der Waals surface area contributed by atoms with E-state index in [0.29, 0.717) is 38.9 Å². The SMILES string of the molecule is COC(=O)CCCOc1ccc(-c2c3nc(cc4ccc([nH]4)c(-c4ccc(OCCCC(=O)OC)cc4)c4nc(cc5ccc2[nH]5)C=C4)C=C3)cc1. The van der Waals surface area contributed by atoms with Crippen LogP contribution in [0.2, 0.25) is 0 Å². The monoisotopic (exact) mass is 694 g/mol. The highest BCUT2D eigenvalue weighted by Crippen LogP contribution is 2.33. The van der Waals surface area contributed by atoms with Gasteiger partial charge in [-0.1, -0.05) is 24.3 Å². The molecule has 2 aliphatic rings. The lowest BCUT2D eigenvalue weighted by Crippen LogP contribution is -2.04. The van der Waals surface area contributed by atoms with Gasteiger partial charge in [0, 0.05) is 46.0 Å². The van der Waals surface area contributed by atoms with Crippen molar-refractivity contribution in [3.05, 3.63) is 108 Å². The Kier molecular flexibility index (Phi) is 10.2. The van der Waals surface area contributed by atoms with E-state index in [4.69, 9.17) is 28.9 Å². The van der Waals surface area contributed by atoms with Crippen LogP contribution in [0.25, 0.3) is 68.6 Å². The van der Waals surface area contributed by atoms with Gasteiger partial charge in [0.05, 0.1) is 50.2 Å². The van der Waals surface area contributed by atoms with Crippen LogP contribution >= 0.6 is 0 Å². The van der Waals surface area contributed by atoms with Crippen LogP contribution in [0.4, 0.5) is 0 Å². The summed E-state index contributed by atoms with van der Waals surface area (Å²) in [6, 6.07) is 28.1. The van der Waals surface area contributed by atoms with Crippen LogP contribution in [-0.2, 0) is 19.1 Å². The molecule has 3 aromatic heterocycles. The number of hydrogen-bond acceptors (Lipinski definition) is 8. The van der Waals surface area contributed by atoms with Crippen LogP contribution in [0.15, 0.2) is 84.9 Å². The number of methoxy groups -OCH3 is 2. The summed E-state index contributed by atoms with van der Waals surface area (Å²) >= 11 is 0. The molecule has 0 saturated heterocycles. The molecule has 0 fully saturated rings. The van der Waals surface area contributed by atoms with Crippen LogP contribution in [0, 0.1) is 0 Å². The van der Waals surface area contributed by atoms with Crippen molar-refractivity contribution < 1.29 is 28.5 Å². The molecule has 2 aromatic carbocycles. The van der Waals surface area contributed by atoms with Crippen molar-refractivity contribution in [3.8, 4) is 33.8 Å². The second-order valence-corrected chi connectivity index (χ2v) is 12.3. The summed E-state index contributed by atoms with van der Waals surface area (Å²) in [5, 5.41) is 0. The molecule has 262 valence electrons. The van der Waals surface area contributed by atoms with E-state index in [2.05, 4.69) is 22.1 Å². The zero-order valence-electron chi connectivity index (χ0n) is 29.0. The fraction of sp³-hybridized carbons (Fsp3) is 0.190. The number of aromatic nitrogens is 4. The molecule has 2 aliphatic heterocycles. The van der Waals surface area contributed by atoms with Gasteiger partial charge in [-0.15, -0.1) is 0 Å². The lowest BCUT2D eigenvalue weighted by molar-refractivity contribution is -0.141. The molecule has 5 aromatic rings. The highest BCUT2D eigenvalue weighted by molar-refractivity contribution is 5.93. The van der Waals surface area contributed by atoms with Gasteiger partial charge in [-0.2, -0.15) is 0 Å². The zero-order valence-corrected chi connectivity index (χ0v) is 29.0. The largest absolute Gasteiger partial charge is 0.494 e. The first-order valence-electron chi connectivity index (χ1n) is 17.2. The number of carbonyl (C=O) groups excluding carboxylic acids is 2. The number of nitrogens with one attached hydrogen (secondary N) is 2. The van der Waals surface area contributed by atoms with E-state index in [1.807, 2.05) is 97.1 Å². The van der Waals surface area contributed by atoms with Crippen molar-refractivity contribution in [1.82, 2.24) is 19.9 Å². The number of nitrogens with zero attached hydrogens (tertiary/aromatic N) is 2. The number of rotatable bonds is 12. The number of carbonyl (C=O) groups is 2. The van der Waals surface area contributed by atoms with Crippen molar-refractivity contribution >= 4 is 58.3 Å². The summed E-state index contributed by atoms with van der Waals surface area (Å²) in [6.07, 6.45) is 9.89. The molecule has 10 heteroatoms. The Hall–Kier alpha value is -6.42. The first kappa shape index (κ1) is 34.0. The standard InChI is InChI=1S/C42H38N4O6/c1-49-39(47)5-3-23-51-33-15-7-27(8-16-33)41-35-19-11-29(43-35)25-31-13-21-37(45-31)42(38-22-14-32(46-38)26-30-12-20-36(41)44-30)28-9-17-34(18-10-28)52-24-4-6-40(48)50-2/h7-22,25-26,43,46H,3-6,23-24H2,1-2H3. The van der Waals surface area contributed by atoms with Gasteiger partial charge in [0.1, 0.15) is 11.5 Å². The van der Waals surface area contributed by atoms with Crippen LogP contribution in [0.1, 0.15) is 48.5 Å². The summed E-state index contributed by atoms with van der Waals surface area (Å²) in [5.41, 5.74) is 10.8. The third-order valence-corrected chi connectivity index (χ3v) is 8.73. The van der Waals surface area contributed by atoms with Gasteiger partial charge in [0.2, 0.25) is 0 Å². The highest BCUT2D eigenvalue weighted by atomic mass is 16.5. The van der Waals surface area contributed by atoms with Crippen molar-refractivity contribution in [2.24, 2.45) is 0 Å². The predicted octanol–water partition coefficient (Wildman–Crippen LogP) is 8.65. The molecular formula is C42H38N4O6. The number of ether oxygens (including phenoxy) is 4. The molecule has 0 amide bonds. The molecule has 7 rings (SSSR count). The van der Waals surface area contributed by atoms with Gasteiger partial charge in [0.15, 0.2) is 0 Å². The summed E-state index contributed by atoms with van der Waals surface area (Å²) in [6.45, 7) is 0.841. The number of esters is 2. The summed E-state index contributed by atoms with van der Waals surface area (Å²) < 4.78 is 21.2. The topological polar surface area (TPSA) is 128 Å². The molecule has 0 radical (unpaired) electrons. The summed E-state index contributed by atoms with van der Waals surface area (Å²) in [5.74, 6) is 0.957. The predicted molar refractivity (Wildman–Crippen MR) is 203 cm³/mol. The van der Waals surface area contributed by atoms with E-state index >= 15 is 0 Å². The normalized spacial score (nSPS) is 11.7. The first-order chi connectivity index (χ1) is 25.4. The van der Waals surface area contributed by atoms with Crippen molar-refractivity contribution in [3.63, 3.8) is 0 Å². The average molecular weight is 695 g/mol. The zero-order chi connectivity index (χ0) is 35.9. The number of H-pyrrole nitrogens is 2. The van der Waals surface area contributed by atoms with E-state index in [0.717, 1.165) is 78.6 Å². The Labute approximate surface area is 300 Å². The van der Waals surface area contributed by atoms with Crippen LogP contribution < -0.4 is 9.47 Å². The fourth-order valence-corrected chi connectivity index (χ4v) is 6.13. The van der Waals surface area contributed by atoms with Gasteiger partial charge < -0.3 is 28.9 Å². The third-order valence-electron chi connectivity index (χ3n) is 8.73. The maximum atomic E-state index is 11.4. The molecule has 0 aliphatic carbocycles. The minimum atomic E-state index is -0.245. The van der Waals surface area contributed by atoms with Crippen LogP contribution in [-0.4, -0.2) is 59.3 Å². The molecule has 52 heavy (non-hydrogen) atoms. The molecular weight excluding hydrogens is 656 g/mol. The molecule has 10 nitrogen and oxygen atoms in total. The van der Waals surface area contributed by atoms with Crippen molar-refractivity contribution in [2.75, 3.05) is 27.4 Å². The molecule has 2 N–H and O–H groups in total. The number of fused-ring (bicyclic) bond motifs is 8. The lowest BCUT2D eigenvalue weighted by atomic mass is 10.0. The van der Waals surface area contributed by atoms with Crippen LogP contribution in [0.3, 0.4) is 0 Å². The van der Waals surface area contributed by atoms with Crippen molar-refractivity contribution in [2.45, 2.75) is 25.7 Å². The molecule has 0 saturated carbocycles. The Morgan fingerprint density at radius 1 is 0.558 bits per heavy atom. The minimum Gasteiger partial charge on any atom is -0.494 e. The molecule has 0 spiro atoms. The Morgan fingerprint density at radius 2 is 0.981 bits per heavy atom.